The molecule has 2 amide bonds. The zero-order chi connectivity index (χ0) is 17.7. The molecular weight excluding hydrogens is 306 g/mol. The first kappa shape index (κ1) is 18.0. The molecule has 130 valence electrons. The first-order chi connectivity index (χ1) is 11.3. The van der Waals surface area contributed by atoms with Crippen molar-refractivity contribution < 1.29 is 13.9 Å². The van der Waals surface area contributed by atoms with Gasteiger partial charge in [0.1, 0.15) is 5.76 Å². The fourth-order valence-corrected chi connectivity index (χ4v) is 2.48. The zero-order valence-electron chi connectivity index (χ0n) is 14.8. The van der Waals surface area contributed by atoms with E-state index in [4.69, 9.17) is 9.15 Å². The van der Waals surface area contributed by atoms with Crippen molar-refractivity contribution >= 4 is 11.7 Å². The molecule has 0 bridgehead atoms. The predicted octanol–water partition coefficient (Wildman–Crippen LogP) is 3.98. The van der Waals surface area contributed by atoms with Crippen LogP contribution >= 0.6 is 0 Å². The lowest BCUT2D eigenvalue weighted by molar-refractivity contribution is 0.00963. The second-order valence-electron chi connectivity index (χ2n) is 6.52. The number of ether oxygens (including phenoxy) is 1. The Kier molecular flexibility index (Phi) is 5.62. The van der Waals surface area contributed by atoms with E-state index < -0.39 is 0 Å². The lowest BCUT2D eigenvalue weighted by atomic mass is 10.00. The van der Waals surface area contributed by atoms with Gasteiger partial charge >= 0.3 is 6.03 Å². The SMILES string of the molecule is COC(C)(C)CC(C)NC(=O)Nc1cccc(-c2ncc(C)o2)c1. The molecule has 1 aromatic carbocycles. The average molecular weight is 331 g/mol. The molecule has 0 saturated heterocycles. The number of methoxy groups -OCH3 is 1. The Labute approximate surface area is 142 Å². The summed E-state index contributed by atoms with van der Waals surface area (Å²) in [6.45, 7) is 7.77. The summed E-state index contributed by atoms with van der Waals surface area (Å²) in [5.41, 5.74) is 1.21. The number of carbonyl (C=O) groups excluding carboxylic acids is 1. The van der Waals surface area contributed by atoms with Gasteiger partial charge in [-0.15, -0.1) is 0 Å². The van der Waals surface area contributed by atoms with Crippen molar-refractivity contribution in [3.8, 4) is 11.5 Å². The molecule has 1 aromatic heterocycles. The van der Waals surface area contributed by atoms with Crippen LogP contribution in [0.5, 0.6) is 0 Å². The van der Waals surface area contributed by atoms with E-state index in [2.05, 4.69) is 15.6 Å². The van der Waals surface area contributed by atoms with Gasteiger partial charge in [-0.05, 0) is 52.3 Å². The van der Waals surface area contributed by atoms with E-state index in [0.29, 0.717) is 18.0 Å². The number of aromatic nitrogens is 1. The average Bonchev–Trinajstić information content (AvgIpc) is 2.93. The lowest BCUT2D eigenvalue weighted by Gasteiger charge is -2.27. The van der Waals surface area contributed by atoms with Gasteiger partial charge in [0.15, 0.2) is 0 Å². The standard InChI is InChI=1S/C18H25N3O3/c1-12(10-18(3,4)23-5)20-17(22)21-15-8-6-7-14(9-15)16-19-11-13(2)24-16/h6-9,11-12H,10H2,1-5H3,(H2,20,21,22). The first-order valence-corrected chi connectivity index (χ1v) is 7.94. The van der Waals surface area contributed by atoms with E-state index in [1.165, 1.54) is 0 Å². The van der Waals surface area contributed by atoms with Crippen LogP contribution in [0.1, 0.15) is 33.0 Å². The minimum Gasteiger partial charge on any atom is -0.441 e. The van der Waals surface area contributed by atoms with Gasteiger partial charge in [0, 0.05) is 24.4 Å². The molecule has 0 spiro atoms. The Hall–Kier alpha value is -2.34. The highest BCUT2D eigenvalue weighted by molar-refractivity contribution is 5.90. The van der Waals surface area contributed by atoms with Gasteiger partial charge in [-0.2, -0.15) is 0 Å². The normalized spacial score (nSPS) is 12.7. The van der Waals surface area contributed by atoms with Crippen LogP contribution in [0.25, 0.3) is 11.5 Å². The minimum absolute atomic E-state index is 0.0162. The highest BCUT2D eigenvalue weighted by atomic mass is 16.5. The van der Waals surface area contributed by atoms with Crippen molar-refractivity contribution in [3.63, 3.8) is 0 Å². The maximum absolute atomic E-state index is 12.1. The van der Waals surface area contributed by atoms with Crippen molar-refractivity contribution in [1.82, 2.24) is 10.3 Å². The lowest BCUT2D eigenvalue weighted by Crippen LogP contribution is -2.40. The third-order valence-electron chi connectivity index (χ3n) is 3.72. The van der Waals surface area contributed by atoms with Gasteiger partial charge in [-0.1, -0.05) is 6.07 Å². The Morgan fingerprint density at radius 3 is 2.79 bits per heavy atom. The van der Waals surface area contributed by atoms with Crippen LogP contribution in [-0.2, 0) is 4.74 Å². The number of aryl methyl sites for hydroxylation is 1. The molecular formula is C18H25N3O3. The second kappa shape index (κ2) is 7.49. The van der Waals surface area contributed by atoms with E-state index >= 15 is 0 Å². The molecule has 0 aliphatic carbocycles. The van der Waals surface area contributed by atoms with Crippen LogP contribution in [0.3, 0.4) is 0 Å². The summed E-state index contributed by atoms with van der Waals surface area (Å²) in [4.78, 5) is 16.3. The summed E-state index contributed by atoms with van der Waals surface area (Å²) in [5, 5.41) is 5.75. The fourth-order valence-electron chi connectivity index (χ4n) is 2.48. The second-order valence-corrected chi connectivity index (χ2v) is 6.52. The van der Waals surface area contributed by atoms with Crippen molar-refractivity contribution in [2.45, 2.75) is 45.8 Å². The fraction of sp³-hybridized carbons (Fsp3) is 0.444. The third-order valence-corrected chi connectivity index (χ3v) is 3.72. The molecule has 0 aliphatic heterocycles. The molecule has 1 heterocycles. The van der Waals surface area contributed by atoms with Crippen molar-refractivity contribution in [1.29, 1.82) is 0 Å². The highest BCUT2D eigenvalue weighted by Gasteiger charge is 2.21. The molecule has 1 unspecified atom stereocenters. The molecule has 24 heavy (non-hydrogen) atoms. The number of hydrogen-bond acceptors (Lipinski definition) is 4. The van der Waals surface area contributed by atoms with Gasteiger partial charge in [0.2, 0.25) is 5.89 Å². The van der Waals surface area contributed by atoms with Gasteiger partial charge in [-0.3, -0.25) is 0 Å². The van der Waals surface area contributed by atoms with Crippen LogP contribution in [0.4, 0.5) is 10.5 Å². The minimum atomic E-state index is -0.282. The highest BCUT2D eigenvalue weighted by Crippen LogP contribution is 2.22. The summed E-state index contributed by atoms with van der Waals surface area (Å²) >= 11 is 0. The quantitative estimate of drug-likeness (QED) is 0.839. The molecule has 2 N–H and O–H groups in total. The number of nitrogens with zero attached hydrogens (tertiary/aromatic N) is 1. The number of rotatable bonds is 6. The van der Waals surface area contributed by atoms with Crippen LogP contribution < -0.4 is 10.6 Å². The molecule has 0 fully saturated rings. The van der Waals surface area contributed by atoms with Gasteiger partial charge < -0.3 is 19.8 Å². The number of amides is 2. The number of anilines is 1. The van der Waals surface area contributed by atoms with Crippen LogP contribution in [0.15, 0.2) is 34.9 Å². The molecule has 6 heteroatoms. The number of hydrogen-bond donors (Lipinski definition) is 2. The molecule has 0 aliphatic rings. The summed E-state index contributed by atoms with van der Waals surface area (Å²) in [6.07, 6.45) is 2.38. The molecule has 0 saturated carbocycles. The summed E-state index contributed by atoms with van der Waals surface area (Å²) in [7, 11) is 1.67. The Morgan fingerprint density at radius 1 is 1.42 bits per heavy atom. The van der Waals surface area contributed by atoms with Crippen LogP contribution in [0, 0.1) is 6.92 Å². The van der Waals surface area contributed by atoms with E-state index in [-0.39, 0.29) is 17.7 Å². The number of oxazole rings is 1. The van der Waals surface area contributed by atoms with Gasteiger partial charge in [0.25, 0.3) is 0 Å². The van der Waals surface area contributed by atoms with Crippen LogP contribution in [0.2, 0.25) is 0 Å². The third kappa shape index (κ3) is 5.09. The van der Waals surface area contributed by atoms with Crippen molar-refractivity contribution in [3.05, 3.63) is 36.2 Å². The Morgan fingerprint density at radius 2 is 2.17 bits per heavy atom. The smallest absolute Gasteiger partial charge is 0.319 e. The summed E-state index contributed by atoms with van der Waals surface area (Å²) in [5.74, 6) is 1.28. The monoisotopic (exact) mass is 331 g/mol. The molecule has 2 rings (SSSR count). The van der Waals surface area contributed by atoms with Gasteiger partial charge in [0.05, 0.1) is 11.8 Å². The number of carbonyl (C=O) groups is 1. The van der Waals surface area contributed by atoms with E-state index in [1.807, 2.05) is 52.0 Å². The molecule has 1 atom stereocenters. The summed E-state index contributed by atoms with van der Waals surface area (Å²) in [6, 6.07) is 7.12. The van der Waals surface area contributed by atoms with Crippen molar-refractivity contribution in [2.75, 3.05) is 12.4 Å². The molecule has 2 aromatic rings. The predicted molar refractivity (Wildman–Crippen MR) is 94.0 cm³/mol. The van der Waals surface area contributed by atoms with E-state index in [0.717, 1.165) is 11.3 Å². The molecule has 6 nitrogen and oxygen atoms in total. The maximum atomic E-state index is 12.1. The number of urea groups is 1. The van der Waals surface area contributed by atoms with E-state index in [9.17, 15) is 4.79 Å². The number of benzene rings is 1. The summed E-state index contributed by atoms with van der Waals surface area (Å²) < 4.78 is 10.9. The number of nitrogens with one attached hydrogen (secondary N) is 2. The maximum Gasteiger partial charge on any atom is 0.319 e. The van der Waals surface area contributed by atoms with Crippen LogP contribution in [-0.4, -0.2) is 29.8 Å². The Balaban J connectivity index is 1.97. The topological polar surface area (TPSA) is 76.4 Å². The zero-order valence-corrected chi connectivity index (χ0v) is 14.8. The van der Waals surface area contributed by atoms with Gasteiger partial charge in [-0.25, -0.2) is 9.78 Å². The van der Waals surface area contributed by atoms with E-state index in [1.54, 1.807) is 13.3 Å². The first-order valence-electron chi connectivity index (χ1n) is 7.94. The largest absolute Gasteiger partial charge is 0.441 e. The Bertz CT molecular complexity index is 694. The molecule has 0 radical (unpaired) electrons. The van der Waals surface area contributed by atoms with Crippen molar-refractivity contribution in [2.24, 2.45) is 0 Å².